The van der Waals surface area contributed by atoms with Gasteiger partial charge in [0.15, 0.2) is 5.96 Å². The standard InChI is InChI=1S/C24H32N8O7.ClH/c25-24(26)27-8-4-7-15-20(36)28-11-18(33)30-16(10-19(34)35)21(37)29-14-9-17(22(38)31-15)32(12-14)23(39)13-5-2-1-3-6-13;/h1-3,5-6,14-17H,4,7-12H2,(H,28,36)(H,29,37)(H,30,33)(H,31,38)(H,34,35)(H4,25,26,27);1H/t14-,15+,16+,17+;/m1./s1. The molecule has 40 heavy (non-hydrogen) atoms. The van der Waals surface area contributed by atoms with Gasteiger partial charge in [-0.05, 0) is 31.4 Å². The fourth-order valence-corrected chi connectivity index (χ4v) is 4.42. The van der Waals surface area contributed by atoms with Gasteiger partial charge in [-0.15, -0.1) is 12.4 Å². The van der Waals surface area contributed by atoms with Gasteiger partial charge in [-0.3, -0.25) is 33.8 Å². The van der Waals surface area contributed by atoms with E-state index < -0.39 is 72.6 Å². The van der Waals surface area contributed by atoms with Crippen LogP contribution in [-0.2, 0) is 24.0 Å². The van der Waals surface area contributed by atoms with Gasteiger partial charge in [0.05, 0.1) is 13.0 Å². The third-order valence-electron chi connectivity index (χ3n) is 6.26. The topological polar surface area (TPSA) is 238 Å². The van der Waals surface area contributed by atoms with E-state index >= 15 is 0 Å². The summed E-state index contributed by atoms with van der Waals surface area (Å²) < 4.78 is 0. The molecule has 15 nitrogen and oxygen atoms in total. The minimum absolute atomic E-state index is 0. The number of nitrogens with zero attached hydrogens (tertiary/aromatic N) is 2. The van der Waals surface area contributed by atoms with Gasteiger partial charge in [-0.1, -0.05) is 18.2 Å². The Bertz CT molecular complexity index is 1150. The van der Waals surface area contributed by atoms with Crippen molar-refractivity contribution in [2.75, 3.05) is 19.6 Å². The quantitative estimate of drug-likeness (QED) is 0.102. The maximum Gasteiger partial charge on any atom is 0.305 e. The SMILES string of the molecule is Cl.NC(N)=NCCC[C@@H]1NC(=O)[C@@H]2C[C@H](CN2C(=O)c2ccccc2)NC(=O)[C@H](CC(=O)O)NC(=O)CNC1=O. The lowest BCUT2D eigenvalue weighted by Crippen LogP contribution is -2.55. The predicted molar refractivity (Wildman–Crippen MR) is 144 cm³/mol. The maximum absolute atomic E-state index is 13.4. The zero-order valence-electron chi connectivity index (χ0n) is 21.5. The monoisotopic (exact) mass is 580 g/mol. The molecule has 0 aliphatic carbocycles. The summed E-state index contributed by atoms with van der Waals surface area (Å²) in [4.78, 5) is 81.4. The van der Waals surface area contributed by atoms with Crippen molar-refractivity contribution in [3.05, 3.63) is 35.9 Å². The normalized spacial score (nSPS) is 23.4. The molecule has 0 saturated carbocycles. The van der Waals surface area contributed by atoms with Crippen LogP contribution in [-0.4, -0.2) is 95.3 Å². The van der Waals surface area contributed by atoms with E-state index in [0.717, 1.165) is 0 Å². The van der Waals surface area contributed by atoms with Crippen molar-refractivity contribution in [2.45, 2.75) is 49.9 Å². The van der Waals surface area contributed by atoms with Crippen LogP contribution in [0.2, 0.25) is 0 Å². The number of hydrogen-bond acceptors (Lipinski definition) is 7. The van der Waals surface area contributed by atoms with Gasteiger partial charge in [-0.2, -0.15) is 0 Å². The zero-order valence-corrected chi connectivity index (χ0v) is 22.3. The second-order valence-corrected chi connectivity index (χ2v) is 9.23. The van der Waals surface area contributed by atoms with Gasteiger partial charge in [0.25, 0.3) is 5.91 Å². The number of carbonyl (C=O) groups is 6. The molecular weight excluding hydrogens is 548 g/mol. The fourth-order valence-electron chi connectivity index (χ4n) is 4.42. The number of carboxylic acid groups (broad SMARTS) is 1. The first-order chi connectivity index (χ1) is 18.5. The van der Waals surface area contributed by atoms with E-state index in [1.807, 2.05) is 0 Å². The van der Waals surface area contributed by atoms with Crippen LogP contribution in [0.5, 0.6) is 0 Å². The molecule has 2 fully saturated rings. The second-order valence-electron chi connectivity index (χ2n) is 9.23. The van der Waals surface area contributed by atoms with Crippen LogP contribution in [0.1, 0.15) is 36.0 Å². The lowest BCUT2D eigenvalue weighted by molar-refractivity contribution is -0.141. The smallest absolute Gasteiger partial charge is 0.305 e. The Morgan fingerprint density at radius 3 is 2.33 bits per heavy atom. The van der Waals surface area contributed by atoms with Crippen LogP contribution in [0.3, 0.4) is 0 Å². The average Bonchev–Trinajstić information content (AvgIpc) is 3.31. The number of fused-ring (bicyclic) bond motifs is 2. The van der Waals surface area contributed by atoms with E-state index in [2.05, 4.69) is 26.3 Å². The van der Waals surface area contributed by atoms with Crippen LogP contribution >= 0.6 is 12.4 Å². The van der Waals surface area contributed by atoms with Crippen molar-refractivity contribution in [1.29, 1.82) is 0 Å². The summed E-state index contributed by atoms with van der Waals surface area (Å²) in [5.41, 5.74) is 11.0. The van der Waals surface area contributed by atoms with Crippen molar-refractivity contribution >= 4 is 53.9 Å². The first kappa shape index (κ1) is 31.8. The number of hydrogen-bond donors (Lipinski definition) is 7. The lowest BCUT2D eigenvalue weighted by Gasteiger charge is -2.26. The number of halogens is 1. The van der Waals surface area contributed by atoms with Crippen molar-refractivity contribution in [3.63, 3.8) is 0 Å². The van der Waals surface area contributed by atoms with E-state index in [0.29, 0.717) is 12.0 Å². The largest absolute Gasteiger partial charge is 0.481 e. The van der Waals surface area contributed by atoms with Gasteiger partial charge in [0.1, 0.15) is 18.1 Å². The molecule has 1 aromatic carbocycles. The van der Waals surface area contributed by atoms with E-state index in [1.165, 1.54) is 4.90 Å². The number of nitrogens with one attached hydrogen (secondary N) is 4. The number of aliphatic imine (C=N–C) groups is 1. The first-order valence-corrected chi connectivity index (χ1v) is 12.4. The van der Waals surface area contributed by atoms with Gasteiger partial charge in [0.2, 0.25) is 23.6 Å². The summed E-state index contributed by atoms with van der Waals surface area (Å²) >= 11 is 0. The molecule has 2 aliphatic rings. The number of guanidine groups is 1. The molecule has 4 atom stereocenters. The summed E-state index contributed by atoms with van der Waals surface area (Å²) in [6.45, 7) is -0.421. The molecule has 16 heteroatoms. The van der Waals surface area contributed by atoms with Crippen molar-refractivity contribution in [3.8, 4) is 0 Å². The van der Waals surface area contributed by atoms with E-state index in [1.54, 1.807) is 30.3 Å². The Labute approximate surface area is 235 Å². The minimum atomic E-state index is -1.43. The zero-order chi connectivity index (χ0) is 28.5. The Kier molecular flexibility index (Phi) is 11.7. The highest BCUT2D eigenvalue weighted by atomic mass is 35.5. The minimum Gasteiger partial charge on any atom is -0.481 e. The molecule has 0 radical (unpaired) electrons. The Morgan fingerprint density at radius 2 is 1.68 bits per heavy atom. The maximum atomic E-state index is 13.4. The number of aliphatic carboxylic acids is 1. The number of carbonyl (C=O) groups excluding carboxylic acids is 5. The van der Waals surface area contributed by atoms with Crippen molar-refractivity contribution in [2.24, 2.45) is 16.5 Å². The molecule has 2 aliphatic heterocycles. The molecule has 0 aromatic heterocycles. The molecule has 3 rings (SSSR count). The molecule has 9 N–H and O–H groups in total. The summed E-state index contributed by atoms with van der Waals surface area (Å²) in [5, 5.41) is 19.2. The van der Waals surface area contributed by atoms with Gasteiger partial charge in [-0.25, -0.2) is 0 Å². The highest BCUT2D eigenvalue weighted by Gasteiger charge is 2.42. The number of likely N-dealkylation sites (tertiary alicyclic amines) is 1. The third kappa shape index (κ3) is 8.83. The molecule has 2 bridgehead atoms. The summed E-state index contributed by atoms with van der Waals surface area (Å²) in [6, 6.07) is 3.98. The molecule has 0 unspecified atom stereocenters. The molecule has 2 heterocycles. The molecule has 2 saturated heterocycles. The molecule has 1 aromatic rings. The van der Waals surface area contributed by atoms with Crippen LogP contribution in [0.25, 0.3) is 0 Å². The predicted octanol–water partition coefficient (Wildman–Crippen LogP) is -2.56. The van der Waals surface area contributed by atoms with Crippen LogP contribution in [0.15, 0.2) is 35.3 Å². The summed E-state index contributed by atoms with van der Waals surface area (Å²) in [5.74, 6) is -4.80. The number of amides is 5. The first-order valence-electron chi connectivity index (χ1n) is 12.4. The van der Waals surface area contributed by atoms with Crippen molar-refractivity contribution < 1.29 is 33.9 Å². The summed E-state index contributed by atoms with van der Waals surface area (Å²) in [7, 11) is 0. The number of rotatable bonds is 7. The van der Waals surface area contributed by atoms with E-state index in [-0.39, 0.29) is 44.3 Å². The average molecular weight is 581 g/mol. The Balaban J connectivity index is 0.00000560. The number of carboxylic acids is 1. The molecular formula is C24H33ClN8O7. The second kappa shape index (κ2) is 14.7. The van der Waals surface area contributed by atoms with Gasteiger partial charge in [0, 0.05) is 24.7 Å². The number of benzene rings is 1. The third-order valence-corrected chi connectivity index (χ3v) is 6.26. The molecule has 0 spiro atoms. The lowest BCUT2D eigenvalue weighted by atomic mass is 10.1. The van der Waals surface area contributed by atoms with Crippen LogP contribution < -0.4 is 32.7 Å². The Morgan fingerprint density at radius 1 is 0.975 bits per heavy atom. The molecule has 218 valence electrons. The fraction of sp³-hybridized carbons (Fsp3) is 0.458. The van der Waals surface area contributed by atoms with Gasteiger partial charge >= 0.3 is 5.97 Å². The highest BCUT2D eigenvalue weighted by molar-refractivity contribution is 5.99. The van der Waals surface area contributed by atoms with Crippen molar-refractivity contribution in [1.82, 2.24) is 26.2 Å². The summed E-state index contributed by atoms with van der Waals surface area (Å²) in [6.07, 6.45) is -0.259. The number of nitrogens with two attached hydrogens (primary N) is 2. The van der Waals surface area contributed by atoms with E-state index in [9.17, 15) is 33.9 Å². The Hall–Kier alpha value is -4.40. The van der Waals surface area contributed by atoms with E-state index in [4.69, 9.17) is 11.5 Å². The van der Waals surface area contributed by atoms with Crippen LogP contribution in [0.4, 0.5) is 0 Å². The molecule has 5 amide bonds. The highest BCUT2D eigenvalue weighted by Crippen LogP contribution is 2.22. The van der Waals surface area contributed by atoms with Gasteiger partial charge < -0.3 is 42.7 Å². The van der Waals surface area contributed by atoms with Crippen LogP contribution in [0, 0.1) is 0 Å².